The van der Waals surface area contributed by atoms with Crippen LogP contribution in [0.1, 0.15) is 20.3 Å². The Kier molecular flexibility index (Phi) is 1.15. The lowest BCUT2D eigenvalue weighted by Gasteiger charge is -2.00. The molecule has 1 aliphatic rings. The van der Waals surface area contributed by atoms with Crippen molar-refractivity contribution in [3.63, 3.8) is 0 Å². The van der Waals surface area contributed by atoms with Gasteiger partial charge in [-0.2, -0.15) is 0 Å². The molecule has 0 aromatic carbocycles. The highest BCUT2D eigenvalue weighted by Gasteiger charge is 2.44. The molecule has 0 radical (unpaired) electrons. The molecule has 0 amide bonds. The summed E-state index contributed by atoms with van der Waals surface area (Å²) in [6, 6.07) is 0. The minimum absolute atomic E-state index is 0.713. The lowest BCUT2D eigenvalue weighted by atomic mass is 10.1. The van der Waals surface area contributed by atoms with Gasteiger partial charge in [-0.25, -0.2) is 0 Å². The molecule has 1 saturated carbocycles. The SMILES string of the molecule is CC1CC1(C)CP. The van der Waals surface area contributed by atoms with Crippen LogP contribution in [0.3, 0.4) is 0 Å². The van der Waals surface area contributed by atoms with E-state index in [1.807, 2.05) is 0 Å². The third-order valence-corrected chi connectivity index (χ3v) is 3.20. The average Bonchev–Trinajstić information content (AvgIpc) is 2.18. The van der Waals surface area contributed by atoms with Crippen molar-refractivity contribution in [3.8, 4) is 0 Å². The molecule has 0 nitrogen and oxygen atoms in total. The van der Waals surface area contributed by atoms with Crippen LogP contribution in [0.4, 0.5) is 0 Å². The molecular formula is C6H13P. The topological polar surface area (TPSA) is 0 Å². The van der Waals surface area contributed by atoms with Gasteiger partial charge in [0.05, 0.1) is 0 Å². The molecule has 0 aromatic heterocycles. The molecule has 1 rings (SSSR count). The number of hydrogen-bond acceptors (Lipinski definition) is 0. The molecule has 0 spiro atoms. The van der Waals surface area contributed by atoms with Gasteiger partial charge in [-0.1, -0.05) is 13.8 Å². The van der Waals surface area contributed by atoms with Gasteiger partial charge >= 0.3 is 0 Å². The van der Waals surface area contributed by atoms with Gasteiger partial charge in [0.25, 0.3) is 0 Å². The highest BCUT2D eigenvalue weighted by atomic mass is 31.0. The maximum absolute atomic E-state index is 2.81. The summed E-state index contributed by atoms with van der Waals surface area (Å²) < 4.78 is 0. The molecular weight excluding hydrogens is 103 g/mol. The Morgan fingerprint density at radius 2 is 2.29 bits per heavy atom. The van der Waals surface area contributed by atoms with E-state index >= 15 is 0 Å². The maximum Gasteiger partial charge on any atom is -0.0263 e. The van der Waals surface area contributed by atoms with E-state index in [0.717, 1.165) is 5.92 Å². The van der Waals surface area contributed by atoms with Crippen molar-refractivity contribution in [2.45, 2.75) is 20.3 Å². The van der Waals surface area contributed by atoms with Gasteiger partial charge in [-0.05, 0) is 23.9 Å². The molecule has 1 fully saturated rings. The largest absolute Gasteiger partial charge is 0.137 e. The van der Waals surface area contributed by atoms with E-state index in [2.05, 4.69) is 23.1 Å². The van der Waals surface area contributed by atoms with Crippen LogP contribution in [-0.2, 0) is 0 Å². The van der Waals surface area contributed by atoms with E-state index in [1.54, 1.807) is 0 Å². The molecule has 1 aliphatic carbocycles. The Morgan fingerprint density at radius 3 is 2.29 bits per heavy atom. The molecule has 0 aliphatic heterocycles. The van der Waals surface area contributed by atoms with E-state index in [1.165, 1.54) is 12.6 Å². The molecule has 0 saturated heterocycles. The van der Waals surface area contributed by atoms with E-state index in [9.17, 15) is 0 Å². The van der Waals surface area contributed by atoms with Gasteiger partial charge in [0, 0.05) is 0 Å². The van der Waals surface area contributed by atoms with Crippen LogP contribution in [0.2, 0.25) is 0 Å². The van der Waals surface area contributed by atoms with Crippen molar-refractivity contribution >= 4 is 9.24 Å². The van der Waals surface area contributed by atoms with Crippen LogP contribution in [0.15, 0.2) is 0 Å². The van der Waals surface area contributed by atoms with Crippen LogP contribution in [0.25, 0.3) is 0 Å². The van der Waals surface area contributed by atoms with Gasteiger partial charge < -0.3 is 0 Å². The van der Waals surface area contributed by atoms with Crippen molar-refractivity contribution in [2.75, 3.05) is 6.16 Å². The van der Waals surface area contributed by atoms with Gasteiger partial charge in [0.2, 0.25) is 0 Å². The lowest BCUT2D eigenvalue weighted by Crippen LogP contribution is -1.95. The molecule has 0 N–H and O–H groups in total. The zero-order valence-electron chi connectivity index (χ0n) is 5.07. The van der Waals surface area contributed by atoms with E-state index in [0.29, 0.717) is 5.41 Å². The first kappa shape index (κ1) is 5.56. The maximum atomic E-state index is 2.81. The monoisotopic (exact) mass is 116 g/mol. The third-order valence-electron chi connectivity index (χ3n) is 2.27. The van der Waals surface area contributed by atoms with Gasteiger partial charge in [-0.15, -0.1) is 9.24 Å². The Bertz CT molecular complexity index is 76.2. The molecule has 3 unspecified atom stereocenters. The summed E-state index contributed by atoms with van der Waals surface area (Å²) in [7, 11) is 2.81. The van der Waals surface area contributed by atoms with E-state index in [-0.39, 0.29) is 0 Å². The zero-order chi connectivity index (χ0) is 5.49. The number of rotatable bonds is 1. The molecule has 3 atom stereocenters. The van der Waals surface area contributed by atoms with Crippen molar-refractivity contribution in [3.05, 3.63) is 0 Å². The lowest BCUT2D eigenvalue weighted by molar-refractivity contribution is 0.597. The number of hydrogen-bond donors (Lipinski definition) is 0. The Labute approximate surface area is 47.9 Å². The summed E-state index contributed by atoms with van der Waals surface area (Å²) >= 11 is 0. The van der Waals surface area contributed by atoms with Gasteiger partial charge in [0.1, 0.15) is 0 Å². The standard InChI is InChI=1S/C6H13P/c1-5-3-6(5,2)4-7/h5H,3-4,7H2,1-2H3. The second kappa shape index (κ2) is 1.45. The predicted octanol–water partition coefficient (Wildman–Crippen LogP) is 1.91. The first-order valence-electron chi connectivity index (χ1n) is 2.89. The fourth-order valence-corrected chi connectivity index (χ4v) is 1.49. The highest BCUT2D eigenvalue weighted by Crippen LogP contribution is 2.52. The van der Waals surface area contributed by atoms with Crippen LogP contribution >= 0.6 is 9.24 Å². The molecule has 42 valence electrons. The fraction of sp³-hybridized carbons (Fsp3) is 1.00. The molecule has 1 heteroatoms. The Balaban J connectivity index is 2.36. The zero-order valence-corrected chi connectivity index (χ0v) is 6.22. The molecule has 0 bridgehead atoms. The first-order chi connectivity index (χ1) is 3.19. The second-order valence-corrected chi connectivity index (χ2v) is 3.37. The summed E-state index contributed by atoms with van der Waals surface area (Å²) in [6.07, 6.45) is 2.73. The van der Waals surface area contributed by atoms with Crippen LogP contribution in [0.5, 0.6) is 0 Å². The van der Waals surface area contributed by atoms with Gasteiger partial charge in [0.15, 0.2) is 0 Å². The Hall–Kier alpha value is 0.430. The highest BCUT2D eigenvalue weighted by molar-refractivity contribution is 7.16. The van der Waals surface area contributed by atoms with Crippen molar-refractivity contribution in [1.82, 2.24) is 0 Å². The smallest absolute Gasteiger partial charge is 0.0263 e. The predicted molar refractivity (Wildman–Crippen MR) is 36.5 cm³/mol. The normalized spacial score (nSPS) is 49.3. The average molecular weight is 116 g/mol. The molecule has 0 aromatic rings. The Morgan fingerprint density at radius 1 is 1.86 bits per heavy atom. The summed E-state index contributed by atoms with van der Waals surface area (Å²) in [4.78, 5) is 0. The van der Waals surface area contributed by atoms with E-state index in [4.69, 9.17) is 0 Å². The second-order valence-electron chi connectivity index (χ2n) is 2.96. The van der Waals surface area contributed by atoms with Gasteiger partial charge in [-0.3, -0.25) is 0 Å². The quantitative estimate of drug-likeness (QED) is 0.459. The van der Waals surface area contributed by atoms with Crippen molar-refractivity contribution in [1.29, 1.82) is 0 Å². The summed E-state index contributed by atoms with van der Waals surface area (Å²) in [5, 5.41) is 0. The van der Waals surface area contributed by atoms with Crippen molar-refractivity contribution < 1.29 is 0 Å². The third kappa shape index (κ3) is 0.817. The summed E-state index contributed by atoms with van der Waals surface area (Å²) in [6.45, 7) is 4.68. The minimum Gasteiger partial charge on any atom is -0.137 e. The minimum atomic E-state index is 0.713. The van der Waals surface area contributed by atoms with Crippen LogP contribution < -0.4 is 0 Å². The van der Waals surface area contributed by atoms with Crippen LogP contribution in [0, 0.1) is 11.3 Å². The molecule has 0 heterocycles. The summed E-state index contributed by atoms with van der Waals surface area (Å²) in [5.74, 6) is 0.991. The van der Waals surface area contributed by atoms with Crippen LogP contribution in [-0.4, -0.2) is 6.16 Å². The van der Waals surface area contributed by atoms with E-state index < -0.39 is 0 Å². The summed E-state index contributed by atoms with van der Waals surface area (Å²) in [5.41, 5.74) is 0.713. The fourth-order valence-electron chi connectivity index (χ4n) is 0.925. The first-order valence-corrected chi connectivity index (χ1v) is 3.71. The van der Waals surface area contributed by atoms with Crippen molar-refractivity contribution in [2.24, 2.45) is 11.3 Å². The molecule has 7 heavy (non-hydrogen) atoms.